The lowest BCUT2D eigenvalue weighted by Gasteiger charge is -2.27. The summed E-state index contributed by atoms with van der Waals surface area (Å²) >= 11 is 3.54. The molecule has 1 rings (SSSR count). The summed E-state index contributed by atoms with van der Waals surface area (Å²) in [5, 5.41) is 0.302. The topological polar surface area (TPSA) is 18.5 Å². The lowest BCUT2D eigenvalue weighted by atomic mass is 10.2. The zero-order valence-electron chi connectivity index (χ0n) is 11.8. The second-order valence-corrected chi connectivity index (χ2v) is 9.54. The van der Waals surface area contributed by atoms with Gasteiger partial charge in [-0.1, -0.05) is 42.9 Å². The third-order valence-electron chi connectivity index (χ3n) is 3.33. The van der Waals surface area contributed by atoms with Crippen LogP contribution in [0.25, 0.3) is 0 Å². The van der Waals surface area contributed by atoms with Crippen molar-refractivity contribution in [3.63, 3.8) is 0 Å². The van der Waals surface area contributed by atoms with Gasteiger partial charge in [0.15, 0.2) is 0 Å². The van der Waals surface area contributed by atoms with Crippen LogP contribution in [0.15, 0.2) is 22.7 Å². The fraction of sp³-hybridized carbons (Fsp3) is 0.571. The van der Waals surface area contributed by atoms with E-state index in [1.165, 1.54) is 0 Å². The van der Waals surface area contributed by atoms with Crippen LogP contribution in [0.4, 0.5) is 0 Å². The summed E-state index contributed by atoms with van der Waals surface area (Å²) in [5.74, 6) is 0.867. The first-order chi connectivity index (χ1) is 8.36. The number of benzene rings is 1. The summed E-state index contributed by atoms with van der Waals surface area (Å²) in [6, 6.07) is 5.95. The van der Waals surface area contributed by atoms with Crippen LogP contribution in [0.1, 0.15) is 19.4 Å². The predicted molar refractivity (Wildman–Crippen MR) is 81.9 cm³/mol. The molecule has 0 aromatic heterocycles. The molecule has 0 N–H and O–H groups in total. The highest BCUT2D eigenvalue weighted by Gasteiger charge is 2.23. The maximum absolute atomic E-state index is 5.87. The molecule has 0 unspecified atom stereocenters. The van der Waals surface area contributed by atoms with Gasteiger partial charge in [0, 0.05) is 11.1 Å². The molecule has 1 aromatic rings. The first-order valence-corrected chi connectivity index (χ1v) is 9.37. The van der Waals surface area contributed by atoms with Crippen LogP contribution in [-0.4, -0.2) is 22.5 Å². The fourth-order valence-corrected chi connectivity index (χ4v) is 2.10. The highest BCUT2D eigenvalue weighted by Crippen LogP contribution is 2.29. The highest BCUT2D eigenvalue weighted by molar-refractivity contribution is 9.10. The van der Waals surface area contributed by atoms with Gasteiger partial charge in [-0.3, -0.25) is 0 Å². The Bertz CT molecular complexity index is 391. The van der Waals surface area contributed by atoms with Crippen LogP contribution in [0, 0.1) is 0 Å². The van der Waals surface area contributed by atoms with Gasteiger partial charge in [-0.25, -0.2) is 0 Å². The minimum atomic E-state index is -0.349. The normalized spacial score (nSPS) is 11.9. The molecule has 1 radical (unpaired) electrons. The van der Waals surface area contributed by atoms with E-state index >= 15 is 0 Å². The third-order valence-corrected chi connectivity index (χ3v) is 6.95. The van der Waals surface area contributed by atoms with Crippen molar-refractivity contribution in [3.05, 3.63) is 28.2 Å². The van der Waals surface area contributed by atoms with Crippen molar-refractivity contribution < 1.29 is 9.47 Å². The quantitative estimate of drug-likeness (QED) is 0.715. The van der Waals surface area contributed by atoms with E-state index in [0.29, 0.717) is 11.6 Å². The van der Waals surface area contributed by atoms with E-state index in [-0.39, 0.29) is 8.80 Å². The summed E-state index contributed by atoms with van der Waals surface area (Å²) < 4.78 is 12.2. The van der Waals surface area contributed by atoms with Crippen LogP contribution in [0.5, 0.6) is 5.75 Å². The molecule has 0 aliphatic heterocycles. The summed E-state index contributed by atoms with van der Waals surface area (Å²) in [7, 11) is 1.33. The molecular weight excluding hydrogens is 308 g/mol. The van der Waals surface area contributed by atoms with Gasteiger partial charge in [-0.2, -0.15) is 0 Å². The van der Waals surface area contributed by atoms with Crippen molar-refractivity contribution in [3.8, 4) is 5.75 Å². The molecule has 0 amide bonds. The zero-order valence-corrected chi connectivity index (χ0v) is 14.4. The fourth-order valence-electron chi connectivity index (χ4n) is 1.35. The second-order valence-electron chi connectivity index (χ2n) is 5.33. The Labute approximate surface area is 120 Å². The van der Waals surface area contributed by atoms with E-state index in [0.717, 1.165) is 22.4 Å². The van der Waals surface area contributed by atoms with Crippen LogP contribution in [0.3, 0.4) is 0 Å². The standard InChI is InChI=1S/C14H22BrO2Si/c1-14(2,18(4)5)10-17-9-11-8-12(16-3)6-7-13(11)15/h6-8H,9-10H2,1-5H3. The second kappa shape index (κ2) is 6.73. The van der Waals surface area contributed by atoms with Gasteiger partial charge in [0.2, 0.25) is 0 Å². The van der Waals surface area contributed by atoms with Crippen molar-refractivity contribution in [2.24, 2.45) is 0 Å². The molecule has 0 saturated carbocycles. The number of methoxy groups -OCH3 is 1. The summed E-state index contributed by atoms with van der Waals surface area (Å²) in [4.78, 5) is 0. The number of hydrogen-bond acceptors (Lipinski definition) is 2. The van der Waals surface area contributed by atoms with Gasteiger partial charge in [-0.05, 0) is 28.8 Å². The summed E-state index contributed by atoms with van der Waals surface area (Å²) in [5.41, 5.74) is 1.13. The molecule has 2 nitrogen and oxygen atoms in total. The average Bonchev–Trinajstić information content (AvgIpc) is 2.31. The predicted octanol–water partition coefficient (Wildman–Crippen LogP) is 4.51. The Kier molecular flexibility index (Phi) is 5.88. The van der Waals surface area contributed by atoms with Crippen LogP contribution >= 0.6 is 15.9 Å². The monoisotopic (exact) mass is 329 g/mol. The number of hydrogen-bond donors (Lipinski definition) is 0. The first kappa shape index (κ1) is 15.7. The maximum Gasteiger partial charge on any atom is 0.119 e. The SMILES string of the molecule is COc1ccc(Br)c(COCC(C)(C)[Si](C)C)c1. The van der Waals surface area contributed by atoms with E-state index in [4.69, 9.17) is 9.47 Å². The van der Waals surface area contributed by atoms with Crippen molar-refractivity contribution >= 4 is 24.7 Å². The number of rotatable bonds is 6. The largest absolute Gasteiger partial charge is 0.497 e. The summed E-state index contributed by atoms with van der Waals surface area (Å²) in [6.45, 7) is 10.6. The van der Waals surface area contributed by atoms with Crippen molar-refractivity contribution in [1.29, 1.82) is 0 Å². The van der Waals surface area contributed by atoms with Gasteiger partial charge in [-0.15, -0.1) is 0 Å². The first-order valence-electron chi connectivity index (χ1n) is 6.07. The summed E-state index contributed by atoms with van der Waals surface area (Å²) in [6.07, 6.45) is 0. The van der Waals surface area contributed by atoms with E-state index in [9.17, 15) is 0 Å². The molecule has 0 heterocycles. The van der Waals surface area contributed by atoms with Gasteiger partial charge in [0.1, 0.15) is 5.75 Å². The zero-order chi connectivity index (χ0) is 13.8. The smallest absolute Gasteiger partial charge is 0.119 e. The van der Waals surface area contributed by atoms with E-state index in [2.05, 4.69) is 42.9 Å². The van der Waals surface area contributed by atoms with E-state index in [1.807, 2.05) is 18.2 Å². The Morgan fingerprint density at radius 3 is 2.50 bits per heavy atom. The van der Waals surface area contributed by atoms with Gasteiger partial charge in [0.25, 0.3) is 0 Å². The molecule has 4 heteroatoms. The Hall–Kier alpha value is -0.323. The van der Waals surface area contributed by atoms with Crippen LogP contribution < -0.4 is 4.74 Å². The van der Waals surface area contributed by atoms with Gasteiger partial charge in [0.05, 0.1) is 22.5 Å². The molecule has 101 valence electrons. The number of ether oxygens (including phenoxy) is 2. The van der Waals surface area contributed by atoms with Gasteiger partial charge < -0.3 is 9.47 Å². The Balaban J connectivity index is 2.58. The molecule has 0 aliphatic rings. The molecular formula is C14H22BrO2Si. The van der Waals surface area contributed by atoms with Crippen LogP contribution in [-0.2, 0) is 11.3 Å². The van der Waals surface area contributed by atoms with Gasteiger partial charge >= 0.3 is 0 Å². The molecule has 0 spiro atoms. The van der Waals surface area contributed by atoms with E-state index in [1.54, 1.807) is 7.11 Å². The molecule has 0 atom stereocenters. The Morgan fingerprint density at radius 1 is 1.28 bits per heavy atom. The lowest BCUT2D eigenvalue weighted by Crippen LogP contribution is -2.26. The molecule has 0 fully saturated rings. The molecule has 1 aromatic carbocycles. The molecule has 18 heavy (non-hydrogen) atoms. The highest BCUT2D eigenvalue weighted by atomic mass is 79.9. The van der Waals surface area contributed by atoms with Crippen molar-refractivity contribution in [2.75, 3.05) is 13.7 Å². The third kappa shape index (κ3) is 4.41. The van der Waals surface area contributed by atoms with Crippen molar-refractivity contribution in [1.82, 2.24) is 0 Å². The molecule has 0 aliphatic carbocycles. The van der Waals surface area contributed by atoms with E-state index < -0.39 is 0 Å². The minimum Gasteiger partial charge on any atom is -0.497 e. The average molecular weight is 330 g/mol. The number of halogens is 1. The Morgan fingerprint density at radius 2 is 1.94 bits per heavy atom. The minimum absolute atomic E-state index is 0.302. The van der Waals surface area contributed by atoms with Crippen molar-refractivity contribution in [2.45, 2.75) is 38.6 Å². The molecule has 0 saturated heterocycles. The van der Waals surface area contributed by atoms with Crippen LogP contribution in [0.2, 0.25) is 18.1 Å². The lowest BCUT2D eigenvalue weighted by molar-refractivity contribution is 0.100. The molecule has 0 bridgehead atoms. The maximum atomic E-state index is 5.87.